The van der Waals surface area contributed by atoms with E-state index in [0.29, 0.717) is 22.5 Å². The number of carbonyl (C=O) groups excluding carboxylic acids is 1. The molecule has 0 heterocycles. The van der Waals surface area contributed by atoms with Gasteiger partial charge in [-0.05, 0) is 30.3 Å². The van der Waals surface area contributed by atoms with Gasteiger partial charge >= 0.3 is 5.97 Å². The lowest BCUT2D eigenvalue weighted by Crippen LogP contribution is -2.01. The highest BCUT2D eigenvalue weighted by Gasteiger charge is 2.06. The van der Waals surface area contributed by atoms with Crippen molar-refractivity contribution in [1.82, 2.24) is 0 Å². The summed E-state index contributed by atoms with van der Waals surface area (Å²) in [5.41, 5.74) is 1.12. The molecule has 0 spiro atoms. The van der Waals surface area contributed by atoms with Crippen molar-refractivity contribution in [2.75, 3.05) is 7.11 Å². The molecule has 0 saturated heterocycles. The minimum atomic E-state index is -0.391. The van der Waals surface area contributed by atoms with E-state index in [9.17, 15) is 4.79 Å². The van der Waals surface area contributed by atoms with Crippen molar-refractivity contribution in [2.24, 2.45) is 0 Å². The Hall–Kier alpha value is -2.23. The molecular weight excluding hydrogens is 227 g/mol. The fraction of sp³-hybridized carbons (Fsp3) is 0.0714. The molecule has 0 aromatic heterocycles. The Morgan fingerprint density at radius 3 is 2.44 bits per heavy atom. The van der Waals surface area contributed by atoms with Crippen LogP contribution in [0.2, 0.25) is 0 Å². The van der Waals surface area contributed by atoms with Crippen LogP contribution in [0.25, 0.3) is 0 Å². The van der Waals surface area contributed by atoms with Gasteiger partial charge in [0, 0.05) is 0 Å². The molecule has 0 fully saturated rings. The van der Waals surface area contributed by atoms with Crippen molar-refractivity contribution >= 4 is 19.3 Å². The molecule has 0 bridgehead atoms. The van der Waals surface area contributed by atoms with Crippen LogP contribution in [0.3, 0.4) is 0 Å². The van der Waals surface area contributed by atoms with Crippen molar-refractivity contribution in [2.45, 2.75) is 0 Å². The Labute approximate surface area is 107 Å². The minimum Gasteiger partial charge on any atom is -0.465 e. The number of esters is 1. The van der Waals surface area contributed by atoms with Gasteiger partial charge in [-0.1, -0.05) is 23.7 Å². The summed E-state index contributed by atoms with van der Waals surface area (Å²) < 4.78 is 10.3. The zero-order valence-electron chi connectivity index (χ0n) is 9.92. The fourth-order valence-electron chi connectivity index (χ4n) is 1.48. The average Bonchev–Trinajstić information content (AvgIpc) is 2.41. The summed E-state index contributed by atoms with van der Waals surface area (Å²) in [6, 6.07) is 13.8. The third-order valence-corrected chi connectivity index (χ3v) is 2.37. The van der Waals surface area contributed by atoms with Crippen LogP contribution in [0.5, 0.6) is 11.5 Å². The maximum atomic E-state index is 11.4. The molecular formula is C14H11BO3. The number of carbonyl (C=O) groups is 1. The summed E-state index contributed by atoms with van der Waals surface area (Å²) in [5.74, 6) is 0.839. The van der Waals surface area contributed by atoms with E-state index in [0.717, 1.165) is 0 Å². The van der Waals surface area contributed by atoms with Crippen LogP contribution in [0, 0.1) is 0 Å². The molecule has 4 heteroatoms. The molecule has 3 nitrogen and oxygen atoms in total. The Morgan fingerprint density at radius 2 is 1.78 bits per heavy atom. The van der Waals surface area contributed by atoms with Gasteiger partial charge in [0.2, 0.25) is 0 Å². The van der Waals surface area contributed by atoms with Crippen molar-refractivity contribution in [3.8, 4) is 11.5 Å². The average molecular weight is 238 g/mol. The number of hydrogen-bond donors (Lipinski definition) is 0. The molecule has 0 aliphatic carbocycles. The van der Waals surface area contributed by atoms with Gasteiger partial charge in [0.15, 0.2) is 0 Å². The van der Waals surface area contributed by atoms with Gasteiger partial charge < -0.3 is 9.47 Å². The van der Waals surface area contributed by atoms with E-state index in [1.807, 2.05) is 0 Å². The molecule has 0 aliphatic rings. The first-order chi connectivity index (χ1) is 8.69. The summed E-state index contributed by atoms with van der Waals surface area (Å²) in [5, 5.41) is 0. The van der Waals surface area contributed by atoms with E-state index in [-0.39, 0.29) is 0 Å². The molecule has 2 radical (unpaired) electrons. The van der Waals surface area contributed by atoms with Crippen molar-refractivity contribution in [3.05, 3.63) is 54.1 Å². The molecule has 0 aliphatic heterocycles. The highest BCUT2D eigenvalue weighted by Crippen LogP contribution is 2.21. The van der Waals surface area contributed by atoms with E-state index in [1.165, 1.54) is 7.11 Å². The van der Waals surface area contributed by atoms with Gasteiger partial charge in [-0.25, -0.2) is 4.79 Å². The molecule has 0 unspecified atom stereocenters. The normalized spacial score (nSPS) is 9.83. The predicted molar refractivity (Wildman–Crippen MR) is 69.7 cm³/mol. The standard InChI is InChI=1S/C14H11BO3/c1-17-14(16)10-3-2-4-13(9-10)18-12-7-5-11(15)6-8-12/h2-9H,1H3. The third kappa shape index (κ3) is 2.91. The minimum absolute atomic E-state index is 0.391. The van der Waals surface area contributed by atoms with Crippen molar-refractivity contribution in [3.63, 3.8) is 0 Å². The molecule has 18 heavy (non-hydrogen) atoms. The molecule has 0 saturated carbocycles. The predicted octanol–water partition coefficient (Wildman–Crippen LogP) is 2.06. The van der Waals surface area contributed by atoms with Crippen LogP contribution < -0.4 is 10.2 Å². The number of methoxy groups -OCH3 is 1. The Balaban J connectivity index is 2.19. The fourth-order valence-corrected chi connectivity index (χ4v) is 1.48. The van der Waals surface area contributed by atoms with Crippen LogP contribution >= 0.6 is 0 Å². The van der Waals surface area contributed by atoms with Gasteiger partial charge in [-0.15, -0.1) is 0 Å². The van der Waals surface area contributed by atoms with E-state index >= 15 is 0 Å². The van der Waals surface area contributed by atoms with Crippen LogP contribution in [0.15, 0.2) is 48.5 Å². The summed E-state index contributed by atoms with van der Waals surface area (Å²) >= 11 is 0. The van der Waals surface area contributed by atoms with Crippen LogP contribution in [0.1, 0.15) is 10.4 Å². The maximum Gasteiger partial charge on any atom is 0.337 e. The van der Waals surface area contributed by atoms with Crippen LogP contribution in [0.4, 0.5) is 0 Å². The van der Waals surface area contributed by atoms with E-state index in [1.54, 1.807) is 48.5 Å². The van der Waals surface area contributed by atoms with Gasteiger partial charge in [0.05, 0.1) is 12.7 Å². The maximum absolute atomic E-state index is 11.4. The monoisotopic (exact) mass is 238 g/mol. The number of hydrogen-bond acceptors (Lipinski definition) is 3. The van der Waals surface area contributed by atoms with Crippen LogP contribution in [-0.2, 0) is 4.74 Å². The lowest BCUT2D eigenvalue weighted by molar-refractivity contribution is 0.0600. The second-order valence-corrected chi connectivity index (χ2v) is 3.69. The summed E-state index contributed by atoms with van der Waals surface area (Å²) in [6.07, 6.45) is 0. The zero-order valence-corrected chi connectivity index (χ0v) is 9.92. The number of rotatable bonds is 3. The third-order valence-electron chi connectivity index (χ3n) is 2.37. The molecule has 0 N–H and O–H groups in total. The lowest BCUT2D eigenvalue weighted by atomic mass is 9.97. The van der Waals surface area contributed by atoms with E-state index in [4.69, 9.17) is 12.6 Å². The summed E-state index contributed by atoms with van der Waals surface area (Å²) in [7, 11) is 6.93. The van der Waals surface area contributed by atoms with Crippen molar-refractivity contribution in [1.29, 1.82) is 0 Å². The molecule has 0 amide bonds. The SMILES string of the molecule is [B]c1ccc(Oc2cccc(C(=O)OC)c2)cc1. The van der Waals surface area contributed by atoms with Gasteiger partial charge in [-0.2, -0.15) is 0 Å². The quantitative estimate of drug-likeness (QED) is 0.606. The summed E-state index contributed by atoms with van der Waals surface area (Å²) in [4.78, 5) is 11.4. The van der Waals surface area contributed by atoms with Gasteiger partial charge in [0.1, 0.15) is 19.3 Å². The molecule has 2 aromatic carbocycles. The Bertz CT molecular complexity index is 549. The molecule has 2 aromatic rings. The zero-order chi connectivity index (χ0) is 13.0. The second kappa shape index (κ2) is 5.40. The summed E-state index contributed by atoms with van der Waals surface area (Å²) in [6.45, 7) is 0. The first-order valence-electron chi connectivity index (χ1n) is 5.41. The van der Waals surface area contributed by atoms with Gasteiger partial charge in [-0.3, -0.25) is 0 Å². The lowest BCUT2D eigenvalue weighted by Gasteiger charge is -2.07. The molecule has 88 valence electrons. The first kappa shape index (κ1) is 12.2. The largest absolute Gasteiger partial charge is 0.465 e. The van der Waals surface area contributed by atoms with Crippen LogP contribution in [-0.4, -0.2) is 20.9 Å². The van der Waals surface area contributed by atoms with Crippen molar-refractivity contribution < 1.29 is 14.3 Å². The number of ether oxygens (including phenoxy) is 2. The number of benzene rings is 2. The van der Waals surface area contributed by atoms with E-state index in [2.05, 4.69) is 4.74 Å². The molecule has 2 rings (SSSR count). The Morgan fingerprint density at radius 1 is 1.06 bits per heavy atom. The topological polar surface area (TPSA) is 35.5 Å². The second-order valence-electron chi connectivity index (χ2n) is 3.69. The van der Waals surface area contributed by atoms with Gasteiger partial charge in [0.25, 0.3) is 0 Å². The van der Waals surface area contributed by atoms with E-state index < -0.39 is 5.97 Å². The molecule has 0 atom stereocenters. The Kier molecular flexibility index (Phi) is 3.67. The highest BCUT2D eigenvalue weighted by atomic mass is 16.5. The first-order valence-corrected chi connectivity index (χ1v) is 5.41. The highest BCUT2D eigenvalue weighted by molar-refractivity contribution is 6.32. The smallest absolute Gasteiger partial charge is 0.337 e.